The average Bonchev–Trinajstić information content (AvgIpc) is 2.26. The number of piperidine rings is 1. The minimum atomic E-state index is -0.356. The number of nitrogens with one attached hydrogen (secondary N) is 3. The number of anilines is 1. The van der Waals surface area contributed by atoms with Crippen LogP contribution in [0.3, 0.4) is 0 Å². The molecule has 0 radical (unpaired) electrons. The van der Waals surface area contributed by atoms with Crippen LogP contribution in [0, 0.1) is 0 Å². The van der Waals surface area contributed by atoms with Gasteiger partial charge in [-0.25, -0.2) is 5.10 Å². The van der Waals surface area contributed by atoms with Crippen LogP contribution in [0.25, 0.3) is 0 Å². The fraction of sp³-hybridized carbons (Fsp3) is 0.556. The van der Waals surface area contributed by atoms with Gasteiger partial charge >= 0.3 is 0 Å². The third-order valence-corrected chi connectivity index (χ3v) is 2.83. The van der Waals surface area contributed by atoms with Crippen LogP contribution in [0.2, 0.25) is 5.02 Å². The van der Waals surface area contributed by atoms with Gasteiger partial charge in [-0.3, -0.25) is 4.79 Å². The van der Waals surface area contributed by atoms with Gasteiger partial charge in [0.1, 0.15) is 5.02 Å². The lowest BCUT2D eigenvalue weighted by Crippen LogP contribution is -2.38. The zero-order valence-corrected chi connectivity index (χ0v) is 8.97. The first-order valence-electron chi connectivity index (χ1n) is 4.98. The molecule has 0 spiro atoms. The summed E-state index contributed by atoms with van der Waals surface area (Å²) in [4.78, 5) is 11.2. The Bertz CT molecular complexity index is 386. The summed E-state index contributed by atoms with van der Waals surface area (Å²) in [5.41, 5.74) is 0.250. The van der Waals surface area contributed by atoms with Gasteiger partial charge in [-0.2, -0.15) is 5.10 Å². The van der Waals surface area contributed by atoms with Crippen molar-refractivity contribution in [1.82, 2.24) is 15.5 Å². The normalized spacial score (nSPS) is 21.3. The lowest BCUT2D eigenvalue weighted by Gasteiger charge is -2.24. The van der Waals surface area contributed by atoms with E-state index in [1.807, 2.05) is 0 Å². The second kappa shape index (κ2) is 4.63. The molecule has 3 N–H and O–H groups in total. The highest BCUT2D eigenvalue weighted by atomic mass is 35.5. The lowest BCUT2D eigenvalue weighted by atomic mass is 10.1. The standard InChI is InChI=1S/C9H13ClN4O/c10-8-7(5-12-14-9(8)15)13-6-2-1-3-11-4-6/h5-6,11H,1-4H2,(H2,13,14,15). The summed E-state index contributed by atoms with van der Waals surface area (Å²) in [6.07, 6.45) is 3.75. The highest BCUT2D eigenvalue weighted by Crippen LogP contribution is 2.17. The molecule has 2 heterocycles. The summed E-state index contributed by atoms with van der Waals surface area (Å²) in [6.45, 7) is 1.95. The Kier molecular flexibility index (Phi) is 3.23. The van der Waals surface area contributed by atoms with Gasteiger partial charge in [0.15, 0.2) is 0 Å². The molecule has 0 bridgehead atoms. The fourth-order valence-corrected chi connectivity index (χ4v) is 1.82. The summed E-state index contributed by atoms with van der Waals surface area (Å²) in [6, 6.07) is 0.319. The van der Waals surface area contributed by atoms with Crippen LogP contribution in [0.1, 0.15) is 12.8 Å². The van der Waals surface area contributed by atoms with E-state index in [1.165, 1.54) is 0 Å². The van der Waals surface area contributed by atoms with Crippen LogP contribution in [0.15, 0.2) is 11.0 Å². The zero-order valence-electron chi connectivity index (χ0n) is 8.22. The molecule has 0 aliphatic carbocycles. The number of halogens is 1. The maximum absolute atomic E-state index is 11.2. The van der Waals surface area contributed by atoms with Crippen molar-refractivity contribution in [2.75, 3.05) is 18.4 Å². The molecule has 1 aromatic rings. The van der Waals surface area contributed by atoms with Crippen molar-refractivity contribution in [1.29, 1.82) is 0 Å². The van der Waals surface area contributed by atoms with E-state index in [0.29, 0.717) is 11.7 Å². The Morgan fingerprint density at radius 2 is 2.47 bits per heavy atom. The summed E-state index contributed by atoms with van der Waals surface area (Å²) >= 11 is 5.85. The van der Waals surface area contributed by atoms with E-state index in [1.54, 1.807) is 6.20 Å². The van der Waals surface area contributed by atoms with Crippen LogP contribution >= 0.6 is 11.6 Å². The van der Waals surface area contributed by atoms with E-state index in [9.17, 15) is 4.79 Å². The van der Waals surface area contributed by atoms with E-state index in [-0.39, 0.29) is 10.6 Å². The third kappa shape index (κ3) is 2.49. The summed E-state index contributed by atoms with van der Waals surface area (Å²) in [5.74, 6) is 0. The van der Waals surface area contributed by atoms with Gasteiger partial charge < -0.3 is 10.6 Å². The number of aromatic nitrogens is 2. The maximum Gasteiger partial charge on any atom is 0.285 e. The van der Waals surface area contributed by atoms with Crippen LogP contribution in [0.4, 0.5) is 5.69 Å². The van der Waals surface area contributed by atoms with Crippen molar-refractivity contribution in [3.63, 3.8) is 0 Å². The van der Waals surface area contributed by atoms with E-state index in [4.69, 9.17) is 11.6 Å². The van der Waals surface area contributed by atoms with Crippen LogP contribution in [0.5, 0.6) is 0 Å². The first-order valence-corrected chi connectivity index (χ1v) is 5.35. The van der Waals surface area contributed by atoms with Gasteiger partial charge in [-0.05, 0) is 19.4 Å². The van der Waals surface area contributed by atoms with E-state index >= 15 is 0 Å². The van der Waals surface area contributed by atoms with Crippen molar-refractivity contribution in [2.24, 2.45) is 0 Å². The van der Waals surface area contributed by atoms with Gasteiger partial charge in [0.05, 0.1) is 11.9 Å². The molecule has 1 aliphatic rings. The Hall–Kier alpha value is -1.07. The van der Waals surface area contributed by atoms with Crippen molar-refractivity contribution in [2.45, 2.75) is 18.9 Å². The highest BCUT2D eigenvalue weighted by Gasteiger charge is 2.14. The Balaban J connectivity index is 2.09. The topological polar surface area (TPSA) is 69.8 Å². The van der Waals surface area contributed by atoms with Crippen molar-refractivity contribution in [3.8, 4) is 0 Å². The number of hydrogen-bond acceptors (Lipinski definition) is 4. The highest BCUT2D eigenvalue weighted by molar-refractivity contribution is 6.32. The van der Waals surface area contributed by atoms with Crippen molar-refractivity contribution < 1.29 is 0 Å². The van der Waals surface area contributed by atoms with E-state index < -0.39 is 0 Å². The molecule has 15 heavy (non-hydrogen) atoms. The van der Waals surface area contributed by atoms with Gasteiger partial charge in [-0.15, -0.1) is 0 Å². The second-order valence-electron chi connectivity index (χ2n) is 3.61. The quantitative estimate of drug-likeness (QED) is 0.693. The number of nitrogens with zero attached hydrogens (tertiary/aromatic N) is 1. The molecule has 2 rings (SSSR count). The lowest BCUT2D eigenvalue weighted by molar-refractivity contribution is 0.479. The molecular formula is C9H13ClN4O. The fourth-order valence-electron chi connectivity index (χ4n) is 1.68. The predicted molar refractivity (Wildman–Crippen MR) is 59.4 cm³/mol. The van der Waals surface area contributed by atoms with E-state index in [2.05, 4.69) is 20.8 Å². The molecule has 0 aromatic carbocycles. The summed E-state index contributed by atoms with van der Waals surface area (Å²) in [5, 5.41) is 12.7. The molecule has 1 aliphatic heterocycles. The summed E-state index contributed by atoms with van der Waals surface area (Å²) in [7, 11) is 0. The monoisotopic (exact) mass is 228 g/mol. The van der Waals surface area contributed by atoms with Crippen molar-refractivity contribution >= 4 is 17.3 Å². The average molecular weight is 229 g/mol. The molecule has 1 aromatic heterocycles. The molecular weight excluding hydrogens is 216 g/mol. The molecule has 1 atom stereocenters. The SMILES string of the molecule is O=c1[nH]ncc(NC2CCCNC2)c1Cl. The zero-order chi connectivity index (χ0) is 10.7. The Morgan fingerprint density at radius 1 is 1.60 bits per heavy atom. The minimum absolute atomic E-state index is 0.176. The Morgan fingerprint density at radius 3 is 3.20 bits per heavy atom. The largest absolute Gasteiger partial charge is 0.378 e. The molecule has 6 heteroatoms. The number of aromatic amines is 1. The van der Waals surface area contributed by atoms with Gasteiger partial charge in [-0.1, -0.05) is 11.6 Å². The minimum Gasteiger partial charge on any atom is -0.378 e. The van der Waals surface area contributed by atoms with Gasteiger partial charge in [0, 0.05) is 12.6 Å². The molecule has 1 saturated heterocycles. The second-order valence-corrected chi connectivity index (χ2v) is 3.99. The van der Waals surface area contributed by atoms with Gasteiger partial charge in [0.2, 0.25) is 0 Å². The number of hydrogen-bond donors (Lipinski definition) is 3. The third-order valence-electron chi connectivity index (χ3n) is 2.45. The molecule has 0 saturated carbocycles. The predicted octanol–water partition coefficient (Wildman–Crippen LogP) is 0.587. The first-order chi connectivity index (χ1) is 7.27. The van der Waals surface area contributed by atoms with Crippen molar-refractivity contribution in [3.05, 3.63) is 21.6 Å². The van der Waals surface area contributed by atoms with Crippen LogP contribution < -0.4 is 16.2 Å². The molecule has 0 amide bonds. The first kappa shape index (κ1) is 10.4. The molecule has 5 nitrogen and oxygen atoms in total. The van der Waals surface area contributed by atoms with Gasteiger partial charge in [0.25, 0.3) is 5.56 Å². The Labute approximate surface area is 92.2 Å². The van der Waals surface area contributed by atoms with Crippen LogP contribution in [-0.4, -0.2) is 29.3 Å². The molecule has 1 unspecified atom stereocenters. The number of H-pyrrole nitrogens is 1. The van der Waals surface area contributed by atoms with Crippen LogP contribution in [-0.2, 0) is 0 Å². The summed E-state index contributed by atoms with van der Waals surface area (Å²) < 4.78 is 0. The molecule has 1 fully saturated rings. The van der Waals surface area contributed by atoms with E-state index in [0.717, 1.165) is 25.9 Å². The number of rotatable bonds is 2. The maximum atomic E-state index is 11.2. The smallest absolute Gasteiger partial charge is 0.285 e. The molecule has 82 valence electrons.